The Bertz CT molecular complexity index is 778. The highest BCUT2D eigenvalue weighted by Crippen LogP contribution is 2.29. The quantitative estimate of drug-likeness (QED) is 0.797. The van der Waals surface area contributed by atoms with Gasteiger partial charge in [0.2, 0.25) is 0 Å². The van der Waals surface area contributed by atoms with Crippen LogP contribution in [-0.4, -0.2) is 29.8 Å². The van der Waals surface area contributed by atoms with Crippen molar-refractivity contribution in [3.05, 3.63) is 55.5 Å². The summed E-state index contributed by atoms with van der Waals surface area (Å²) >= 11 is 0. The van der Waals surface area contributed by atoms with E-state index in [0.717, 1.165) is 11.3 Å². The molecule has 0 amide bonds. The molecular formula is C15H13N5O. The van der Waals surface area contributed by atoms with Crippen molar-refractivity contribution in [3.63, 3.8) is 0 Å². The third-order valence-corrected chi connectivity index (χ3v) is 3.00. The fourth-order valence-corrected chi connectivity index (χ4v) is 1.90. The second-order valence-corrected chi connectivity index (χ2v) is 4.62. The molecule has 6 heteroatoms. The molecule has 2 aromatic heterocycles. The van der Waals surface area contributed by atoms with E-state index in [-0.39, 0.29) is 5.75 Å². The van der Waals surface area contributed by atoms with Crippen LogP contribution in [0.25, 0.3) is 22.5 Å². The van der Waals surface area contributed by atoms with Crippen LogP contribution < -0.4 is 0 Å². The maximum Gasteiger partial charge on any atom is 0.176 e. The summed E-state index contributed by atoms with van der Waals surface area (Å²) in [5.41, 5.74) is 2.64. The highest BCUT2D eigenvalue weighted by Gasteiger charge is 2.09. The number of imidazole rings is 1. The molecule has 0 aliphatic carbocycles. The Labute approximate surface area is 121 Å². The van der Waals surface area contributed by atoms with Gasteiger partial charge in [-0.2, -0.15) is 0 Å². The van der Waals surface area contributed by atoms with Gasteiger partial charge in [-0.3, -0.25) is 0 Å². The normalized spacial score (nSPS) is 10.5. The largest absolute Gasteiger partial charge is 0.507 e. The molecule has 1 N–H and O–H groups in total. The summed E-state index contributed by atoms with van der Waals surface area (Å²) in [5.74, 6) is 0.605. The van der Waals surface area contributed by atoms with Crippen molar-refractivity contribution in [2.45, 2.75) is 6.92 Å². The summed E-state index contributed by atoms with van der Waals surface area (Å²) in [6.07, 6.45) is 6.72. The SMILES string of the molecule is C=C(C)c1ncc(-c2ccc(-n3ccnc3)cc2O)nn1. The number of phenolic OH excluding ortho intramolecular Hbond substituents is 1. The predicted molar refractivity (Wildman–Crippen MR) is 78.8 cm³/mol. The number of aromatic nitrogens is 5. The molecule has 0 aliphatic heterocycles. The fourth-order valence-electron chi connectivity index (χ4n) is 1.90. The first kappa shape index (κ1) is 13.0. The van der Waals surface area contributed by atoms with Crippen molar-refractivity contribution >= 4 is 5.57 Å². The zero-order chi connectivity index (χ0) is 14.8. The van der Waals surface area contributed by atoms with Crippen LogP contribution in [0.5, 0.6) is 5.75 Å². The highest BCUT2D eigenvalue weighted by atomic mass is 16.3. The van der Waals surface area contributed by atoms with Gasteiger partial charge >= 0.3 is 0 Å². The molecule has 2 heterocycles. The lowest BCUT2D eigenvalue weighted by molar-refractivity contribution is 0.476. The minimum absolute atomic E-state index is 0.111. The Hall–Kier alpha value is -3.02. The summed E-state index contributed by atoms with van der Waals surface area (Å²) in [7, 11) is 0. The molecule has 0 unspecified atom stereocenters. The standard InChI is InChI=1S/C15H13N5O/c1-10(2)15-17-8-13(18-19-15)12-4-3-11(7-14(12)21)20-6-5-16-9-20/h3-9,21H,1H2,2H3. The predicted octanol–water partition coefficient (Wildman–Crippen LogP) is 2.46. The average molecular weight is 279 g/mol. The van der Waals surface area contributed by atoms with Crippen LogP contribution in [0, 0.1) is 0 Å². The van der Waals surface area contributed by atoms with E-state index in [9.17, 15) is 5.11 Å². The third kappa shape index (κ3) is 2.51. The van der Waals surface area contributed by atoms with E-state index in [0.29, 0.717) is 17.1 Å². The van der Waals surface area contributed by atoms with Gasteiger partial charge in [-0.15, -0.1) is 10.2 Å². The average Bonchev–Trinajstić information content (AvgIpc) is 3.01. The summed E-state index contributed by atoms with van der Waals surface area (Å²) in [6, 6.07) is 5.28. The molecule has 0 atom stereocenters. The molecule has 0 fully saturated rings. The van der Waals surface area contributed by atoms with Gasteiger partial charge in [-0.1, -0.05) is 6.58 Å². The van der Waals surface area contributed by atoms with Gasteiger partial charge < -0.3 is 9.67 Å². The number of benzene rings is 1. The molecule has 104 valence electrons. The van der Waals surface area contributed by atoms with Crippen molar-refractivity contribution in [3.8, 4) is 22.7 Å². The molecule has 1 aromatic carbocycles. The number of aromatic hydroxyl groups is 1. The van der Waals surface area contributed by atoms with Crippen LogP contribution in [0.4, 0.5) is 0 Å². The van der Waals surface area contributed by atoms with Crippen molar-refractivity contribution in [1.29, 1.82) is 0 Å². The van der Waals surface area contributed by atoms with E-state index in [1.807, 2.05) is 13.0 Å². The monoisotopic (exact) mass is 279 g/mol. The topological polar surface area (TPSA) is 76.7 Å². The molecule has 0 saturated carbocycles. The van der Waals surface area contributed by atoms with Crippen molar-refractivity contribution in [2.24, 2.45) is 0 Å². The van der Waals surface area contributed by atoms with Crippen LogP contribution in [0.1, 0.15) is 12.7 Å². The maximum atomic E-state index is 10.2. The molecule has 0 aliphatic rings. The van der Waals surface area contributed by atoms with Crippen LogP contribution in [0.2, 0.25) is 0 Å². The number of nitrogens with zero attached hydrogens (tertiary/aromatic N) is 5. The lowest BCUT2D eigenvalue weighted by Gasteiger charge is -2.07. The first-order valence-corrected chi connectivity index (χ1v) is 6.32. The second kappa shape index (κ2) is 5.16. The first-order chi connectivity index (χ1) is 10.1. The molecule has 0 bridgehead atoms. The van der Waals surface area contributed by atoms with Crippen LogP contribution >= 0.6 is 0 Å². The highest BCUT2D eigenvalue weighted by molar-refractivity contribution is 5.68. The molecule has 0 saturated heterocycles. The van der Waals surface area contributed by atoms with E-state index in [1.54, 1.807) is 41.6 Å². The zero-order valence-corrected chi connectivity index (χ0v) is 11.4. The Morgan fingerprint density at radius 2 is 2.14 bits per heavy atom. The molecule has 21 heavy (non-hydrogen) atoms. The Kier molecular flexibility index (Phi) is 3.19. The number of phenols is 1. The van der Waals surface area contributed by atoms with E-state index in [1.165, 1.54) is 0 Å². The van der Waals surface area contributed by atoms with Gasteiger partial charge in [-0.05, 0) is 24.6 Å². The number of allylic oxidation sites excluding steroid dienone is 1. The summed E-state index contributed by atoms with van der Waals surface area (Å²) in [5, 5.41) is 18.2. The maximum absolute atomic E-state index is 10.2. The molecule has 3 rings (SSSR count). The minimum atomic E-state index is 0.111. The fraction of sp³-hybridized carbons (Fsp3) is 0.0667. The van der Waals surface area contributed by atoms with Crippen molar-refractivity contribution in [1.82, 2.24) is 24.7 Å². The van der Waals surface area contributed by atoms with E-state index < -0.39 is 0 Å². The van der Waals surface area contributed by atoms with E-state index in [4.69, 9.17) is 0 Å². The lowest BCUT2D eigenvalue weighted by Crippen LogP contribution is -1.97. The van der Waals surface area contributed by atoms with Gasteiger partial charge in [0.15, 0.2) is 5.82 Å². The molecule has 6 nitrogen and oxygen atoms in total. The molecule has 3 aromatic rings. The zero-order valence-electron chi connectivity index (χ0n) is 11.4. The van der Waals surface area contributed by atoms with Crippen LogP contribution in [0.3, 0.4) is 0 Å². The minimum Gasteiger partial charge on any atom is -0.507 e. The van der Waals surface area contributed by atoms with Crippen molar-refractivity contribution in [2.75, 3.05) is 0 Å². The molecular weight excluding hydrogens is 266 g/mol. The van der Waals surface area contributed by atoms with Gasteiger partial charge in [0.05, 0.1) is 18.2 Å². The van der Waals surface area contributed by atoms with Gasteiger partial charge in [-0.25, -0.2) is 9.97 Å². The van der Waals surface area contributed by atoms with Crippen molar-refractivity contribution < 1.29 is 5.11 Å². The van der Waals surface area contributed by atoms with Gasteiger partial charge in [0.1, 0.15) is 11.4 Å². The smallest absolute Gasteiger partial charge is 0.176 e. The number of rotatable bonds is 3. The molecule has 0 radical (unpaired) electrons. The Morgan fingerprint density at radius 1 is 1.29 bits per heavy atom. The Balaban J connectivity index is 1.97. The van der Waals surface area contributed by atoms with Crippen LogP contribution in [-0.2, 0) is 0 Å². The summed E-state index contributed by atoms with van der Waals surface area (Å²) in [6.45, 7) is 5.58. The second-order valence-electron chi connectivity index (χ2n) is 4.62. The third-order valence-electron chi connectivity index (χ3n) is 3.00. The van der Waals surface area contributed by atoms with Gasteiger partial charge in [0.25, 0.3) is 0 Å². The van der Waals surface area contributed by atoms with Crippen LogP contribution in [0.15, 0.2) is 49.7 Å². The van der Waals surface area contributed by atoms with E-state index >= 15 is 0 Å². The first-order valence-electron chi connectivity index (χ1n) is 6.32. The molecule has 0 spiro atoms. The van der Waals surface area contributed by atoms with Gasteiger partial charge in [0, 0.05) is 24.0 Å². The summed E-state index contributed by atoms with van der Waals surface area (Å²) < 4.78 is 1.80. The number of hydrogen-bond donors (Lipinski definition) is 1. The van der Waals surface area contributed by atoms with E-state index in [2.05, 4.69) is 26.7 Å². The summed E-state index contributed by atoms with van der Waals surface area (Å²) in [4.78, 5) is 8.14. The number of hydrogen-bond acceptors (Lipinski definition) is 5. The lowest BCUT2D eigenvalue weighted by atomic mass is 10.1. The Morgan fingerprint density at radius 3 is 2.71 bits per heavy atom.